The monoisotopic (exact) mass is 759 g/mol. The maximum absolute atomic E-state index is 16.4. The summed E-state index contributed by atoms with van der Waals surface area (Å²) in [4.78, 5) is 16.4. The summed E-state index contributed by atoms with van der Waals surface area (Å²) in [6.45, 7) is 0. The number of carbonyl (C=O) groups excluding carboxylic acids is 1. The van der Waals surface area contributed by atoms with E-state index in [-0.39, 0.29) is 0 Å². The molecule has 0 spiro atoms. The molecule has 221 valence electrons. The van der Waals surface area contributed by atoms with Gasteiger partial charge in [0.25, 0.3) is 0 Å². The molecule has 0 atom stereocenters. The van der Waals surface area contributed by atoms with E-state index in [1.54, 1.807) is 0 Å². The molecule has 0 aromatic heterocycles. The minimum absolute atomic E-state index is 0.298. The van der Waals surface area contributed by atoms with Crippen molar-refractivity contribution in [2.24, 2.45) is 0 Å². The van der Waals surface area contributed by atoms with Crippen molar-refractivity contribution >= 4 is 80.7 Å². The van der Waals surface area contributed by atoms with Crippen molar-refractivity contribution in [2.75, 3.05) is 0 Å². The molecular weight excluding hydrogens is 730 g/mol. The summed E-state index contributed by atoms with van der Waals surface area (Å²) in [7, 11) is 9.14. The molecule has 0 bridgehead atoms. The van der Waals surface area contributed by atoms with Crippen molar-refractivity contribution in [3.63, 3.8) is 0 Å². The molecular formula is C37H30Cl3OP2Ru+2. The van der Waals surface area contributed by atoms with Gasteiger partial charge in [0.1, 0.15) is 31.8 Å². The van der Waals surface area contributed by atoms with Crippen LogP contribution in [-0.2, 0) is 13.0 Å². The molecule has 6 aromatic rings. The molecule has 0 N–H and O–H groups in total. The van der Waals surface area contributed by atoms with E-state index in [0.717, 1.165) is 31.8 Å². The van der Waals surface area contributed by atoms with E-state index in [2.05, 4.69) is 146 Å². The molecule has 0 aliphatic heterocycles. The zero-order valence-corrected chi connectivity index (χ0v) is 29.4. The molecule has 0 amide bonds. The summed E-state index contributed by atoms with van der Waals surface area (Å²) >= 11 is -1.75. The predicted molar refractivity (Wildman–Crippen MR) is 193 cm³/mol. The fraction of sp³-hybridized carbons (Fsp3) is 0. The summed E-state index contributed by atoms with van der Waals surface area (Å²) in [6, 6.07) is 62.9. The minimum atomic E-state index is -2.85. The standard InChI is InChI=1S/C37H30OP2.3ClH.Ru/c38-37(39(31-19-7-1-8-20-31,32-21-9-2-10-22-32)33-23-11-3-12-24-33)40(34-25-13-4-14-26-34,35-27-15-5-16-28-35)36-29-17-6-18-30-36;;;;/h1-30H;3*1H;/q+2;;;;+3/p-3. The number of halogens is 3. The Hall–Kier alpha value is -2.66. The van der Waals surface area contributed by atoms with Crippen LogP contribution in [0, 0.1) is 0 Å². The van der Waals surface area contributed by atoms with Gasteiger partial charge in [-0.1, -0.05) is 109 Å². The molecule has 6 rings (SSSR count). The third-order valence-electron chi connectivity index (χ3n) is 7.43. The molecule has 6 aromatic carbocycles. The Labute approximate surface area is 278 Å². The molecule has 0 saturated carbocycles. The molecule has 0 fully saturated rings. The number of hydrogen-bond acceptors (Lipinski definition) is 1. The number of carbonyl (C=O) groups is 1. The van der Waals surface area contributed by atoms with Crippen LogP contribution in [-0.4, -0.2) is 5.27 Å². The van der Waals surface area contributed by atoms with Crippen LogP contribution in [0.1, 0.15) is 0 Å². The maximum atomic E-state index is 16.4. The summed E-state index contributed by atoms with van der Waals surface area (Å²) in [5.74, 6) is 0. The van der Waals surface area contributed by atoms with Gasteiger partial charge in [-0.2, -0.15) is 0 Å². The molecule has 0 aliphatic carbocycles. The second kappa shape index (κ2) is 15.6. The van der Waals surface area contributed by atoms with E-state index < -0.39 is 27.5 Å². The molecule has 0 heterocycles. The van der Waals surface area contributed by atoms with Crippen LogP contribution in [0.25, 0.3) is 0 Å². The molecule has 44 heavy (non-hydrogen) atoms. The second-order valence-electron chi connectivity index (χ2n) is 9.79. The molecule has 1 nitrogen and oxygen atoms in total. The van der Waals surface area contributed by atoms with Gasteiger partial charge in [0.05, 0.1) is 0 Å². The summed E-state index contributed by atoms with van der Waals surface area (Å²) in [6.07, 6.45) is 0. The first-order valence-corrected chi connectivity index (χ1v) is 24.1. The first-order valence-electron chi connectivity index (χ1n) is 13.9. The normalized spacial score (nSPS) is 11.6. The summed E-state index contributed by atoms with van der Waals surface area (Å²) < 4.78 is 0. The molecule has 0 unspecified atom stereocenters. The third kappa shape index (κ3) is 6.64. The fourth-order valence-electron chi connectivity index (χ4n) is 5.69. The van der Waals surface area contributed by atoms with Gasteiger partial charge in [0.2, 0.25) is 14.5 Å². The van der Waals surface area contributed by atoms with Gasteiger partial charge in [-0.05, 0) is 72.8 Å². The van der Waals surface area contributed by atoms with Gasteiger partial charge in [-0.3, -0.25) is 0 Å². The van der Waals surface area contributed by atoms with Crippen LogP contribution in [0.15, 0.2) is 182 Å². The van der Waals surface area contributed by atoms with E-state index in [9.17, 15) is 0 Å². The van der Waals surface area contributed by atoms with Crippen LogP contribution in [0.3, 0.4) is 0 Å². The van der Waals surface area contributed by atoms with Gasteiger partial charge in [0, 0.05) is 0 Å². The van der Waals surface area contributed by atoms with Crippen LogP contribution in [0.4, 0.5) is 4.79 Å². The quantitative estimate of drug-likeness (QED) is 0.112. The fourth-order valence-corrected chi connectivity index (χ4v) is 16.4. The molecule has 0 aliphatic rings. The molecule has 0 saturated heterocycles. The van der Waals surface area contributed by atoms with Crippen LogP contribution < -0.4 is 31.8 Å². The van der Waals surface area contributed by atoms with Crippen molar-refractivity contribution in [2.45, 2.75) is 0 Å². The Kier molecular flexibility index (Phi) is 11.6. The first kappa shape index (κ1) is 32.7. The number of rotatable bonds is 8. The van der Waals surface area contributed by atoms with E-state index in [1.165, 1.54) is 0 Å². The third-order valence-corrected chi connectivity index (χ3v) is 16.8. The average molecular weight is 760 g/mol. The number of benzene rings is 6. The zero-order chi connectivity index (χ0) is 30.8. The Bertz CT molecular complexity index is 1420. The number of hydrogen-bond donors (Lipinski definition) is 0. The van der Waals surface area contributed by atoms with Crippen molar-refractivity contribution in [3.05, 3.63) is 182 Å². The van der Waals surface area contributed by atoms with E-state index in [0.29, 0.717) is 5.27 Å². The zero-order valence-electron chi connectivity index (χ0n) is 23.6. The molecule has 0 radical (unpaired) electrons. The Morgan fingerprint density at radius 1 is 0.341 bits per heavy atom. The van der Waals surface area contributed by atoms with Crippen LogP contribution in [0.5, 0.6) is 0 Å². The Morgan fingerprint density at radius 2 is 0.477 bits per heavy atom. The van der Waals surface area contributed by atoms with Gasteiger partial charge in [-0.15, -0.1) is 0 Å². The first-order chi connectivity index (χ1) is 21.5. The second-order valence-corrected chi connectivity index (χ2v) is 24.7. The van der Waals surface area contributed by atoms with E-state index >= 15 is 4.79 Å². The Morgan fingerprint density at radius 3 is 0.614 bits per heavy atom. The van der Waals surface area contributed by atoms with Crippen molar-refractivity contribution in [1.29, 1.82) is 0 Å². The van der Waals surface area contributed by atoms with E-state index in [4.69, 9.17) is 29.1 Å². The average Bonchev–Trinajstić information content (AvgIpc) is 3.08. The van der Waals surface area contributed by atoms with Crippen molar-refractivity contribution in [1.82, 2.24) is 0 Å². The van der Waals surface area contributed by atoms with Gasteiger partial charge >= 0.3 is 47.3 Å². The van der Waals surface area contributed by atoms with Gasteiger partial charge in [-0.25, -0.2) is 4.79 Å². The van der Waals surface area contributed by atoms with Crippen LogP contribution in [0.2, 0.25) is 0 Å². The van der Waals surface area contributed by atoms with Crippen molar-refractivity contribution < 1.29 is 17.8 Å². The topological polar surface area (TPSA) is 17.1 Å². The van der Waals surface area contributed by atoms with Gasteiger partial charge < -0.3 is 0 Å². The summed E-state index contributed by atoms with van der Waals surface area (Å²) in [5, 5.41) is 6.74. The predicted octanol–water partition coefficient (Wildman–Crippen LogP) is 9.16. The van der Waals surface area contributed by atoms with E-state index in [1.807, 2.05) is 36.4 Å². The van der Waals surface area contributed by atoms with Crippen LogP contribution >= 0.6 is 43.6 Å². The Balaban J connectivity index is 0.000000906. The molecule has 7 heteroatoms. The summed E-state index contributed by atoms with van der Waals surface area (Å²) in [5.41, 5.74) is 0. The van der Waals surface area contributed by atoms with Gasteiger partial charge in [0.15, 0.2) is 0 Å². The van der Waals surface area contributed by atoms with Crippen molar-refractivity contribution in [3.8, 4) is 0 Å². The SMILES string of the molecule is O=C([P+](c1ccccc1)(c1ccccc1)c1ccccc1)[P+](c1ccccc1)(c1ccccc1)c1ccccc1.[Cl][Ru]([Cl])[Cl].